The Morgan fingerprint density at radius 1 is 1.56 bits per heavy atom. The van der Waals surface area contributed by atoms with Crippen molar-refractivity contribution in [1.82, 2.24) is 19.1 Å². The molecule has 2 N–H and O–H groups in total. The summed E-state index contributed by atoms with van der Waals surface area (Å²) < 4.78 is 2.17. The molecule has 0 aliphatic rings. The molecule has 0 unspecified atom stereocenters. The number of allylic oxidation sites excluding steroid dienone is 1. The first kappa shape index (κ1) is 12.3. The molecule has 18 heavy (non-hydrogen) atoms. The summed E-state index contributed by atoms with van der Waals surface area (Å²) >= 11 is 5.91. The van der Waals surface area contributed by atoms with Crippen molar-refractivity contribution in [1.29, 1.82) is 0 Å². The number of nitrogens with zero attached hydrogens (tertiary/aromatic N) is 4. The van der Waals surface area contributed by atoms with Gasteiger partial charge >= 0.3 is 5.69 Å². The Bertz CT molecular complexity index is 715. The molecular weight excluding hydrogens is 258 g/mol. The number of hydrogen-bond acceptors (Lipinski definition) is 5. The van der Waals surface area contributed by atoms with Crippen LogP contribution in [-0.4, -0.2) is 25.0 Å². The number of nitrogen functional groups attached to an aromatic ring is 1. The molecule has 0 aliphatic heterocycles. The number of carbonyl (C=O) groups is 1. The molecule has 0 bridgehead atoms. The van der Waals surface area contributed by atoms with Crippen LogP contribution in [0.5, 0.6) is 0 Å². The molecule has 2 aromatic heterocycles. The zero-order valence-corrected chi connectivity index (χ0v) is 10.3. The first-order valence-electron chi connectivity index (χ1n) is 5.03. The van der Waals surface area contributed by atoms with Crippen molar-refractivity contribution in [2.45, 2.75) is 13.5 Å². The molecule has 0 atom stereocenters. The SMILES string of the molecule is C=CCn1c(=O)n(C(C)=O)c2c(Cl)nc(N)nc21. The number of carbonyl (C=O) groups excluding carboxylic acids is 1. The summed E-state index contributed by atoms with van der Waals surface area (Å²) in [6.45, 7) is 4.99. The van der Waals surface area contributed by atoms with Crippen molar-refractivity contribution < 1.29 is 4.79 Å². The van der Waals surface area contributed by atoms with Gasteiger partial charge in [-0.15, -0.1) is 6.58 Å². The molecule has 0 saturated heterocycles. The van der Waals surface area contributed by atoms with Gasteiger partial charge in [0.25, 0.3) is 0 Å². The molecule has 0 aliphatic carbocycles. The van der Waals surface area contributed by atoms with Crippen molar-refractivity contribution in [3.05, 3.63) is 28.3 Å². The van der Waals surface area contributed by atoms with E-state index < -0.39 is 11.6 Å². The number of hydrogen-bond donors (Lipinski definition) is 1. The second kappa shape index (κ2) is 4.26. The molecule has 8 heteroatoms. The van der Waals surface area contributed by atoms with Crippen molar-refractivity contribution in [2.75, 3.05) is 5.73 Å². The van der Waals surface area contributed by atoms with E-state index in [1.165, 1.54) is 17.6 Å². The van der Waals surface area contributed by atoms with Gasteiger partial charge in [0.1, 0.15) is 5.52 Å². The second-order valence-electron chi connectivity index (χ2n) is 3.58. The minimum Gasteiger partial charge on any atom is -0.368 e. The molecule has 0 radical (unpaired) electrons. The Kier molecular flexibility index (Phi) is 2.92. The fourth-order valence-corrected chi connectivity index (χ4v) is 1.96. The lowest BCUT2D eigenvalue weighted by atomic mass is 10.5. The van der Waals surface area contributed by atoms with Crippen molar-refractivity contribution in [3.63, 3.8) is 0 Å². The van der Waals surface area contributed by atoms with Gasteiger partial charge in [0.05, 0.1) is 0 Å². The minimum atomic E-state index is -0.542. The quantitative estimate of drug-likeness (QED) is 0.637. The summed E-state index contributed by atoms with van der Waals surface area (Å²) in [6.07, 6.45) is 1.51. The van der Waals surface area contributed by atoms with E-state index in [2.05, 4.69) is 16.5 Å². The van der Waals surface area contributed by atoms with Crippen LogP contribution in [0, 0.1) is 0 Å². The number of nitrogens with two attached hydrogens (primary N) is 1. The van der Waals surface area contributed by atoms with Gasteiger partial charge in [-0.3, -0.25) is 9.36 Å². The molecule has 0 fully saturated rings. The Morgan fingerprint density at radius 2 is 2.22 bits per heavy atom. The van der Waals surface area contributed by atoms with Gasteiger partial charge in [0.15, 0.2) is 10.8 Å². The third-order valence-corrected chi connectivity index (χ3v) is 2.63. The smallest absolute Gasteiger partial charge is 0.337 e. The van der Waals surface area contributed by atoms with E-state index in [9.17, 15) is 9.59 Å². The summed E-state index contributed by atoms with van der Waals surface area (Å²) in [6, 6.07) is 0. The van der Waals surface area contributed by atoms with Crippen LogP contribution in [0.2, 0.25) is 5.15 Å². The Labute approximate surface area is 107 Å². The van der Waals surface area contributed by atoms with E-state index in [-0.39, 0.29) is 28.8 Å². The maximum absolute atomic E-state index is 12.1. The number of fused-ring (bicyclic) bond motifs is 1. The third-order valence-electron chi connectivity index (χ3n) is 2.37. The van der Waals surface area contributed by atoms with Gasteiger partial charge in [0.2, 0.25) is 11.9 Å². The summed E-state index contributed by atoms with van der Waals surface area (Å²) in [5.74, 6) is -0.533. The van der Waals surface area contributed by atoms with Gasteiger partial charge < -0.3 is 5.73 Å². The van der Waals surface area contributed by atoms with Crippen LogP contribution in [0.4, 0.5) is 5.95 Å². The lowest BCUT2D eigenvalue weighted by molar-refractivity contribution is 0.0936. The fraction of sp³-hybridized carbons (Fsp3) is 0.200. The molecule has 94 valence electrons. The fourth-order valence-electron chi connectivity index (χ4n) is 1.71. The average Bonchev–Trinajstić information content (AvgIpc) is 2.54. The Morgan fingerprint density at radius 3 is 2.78 bits per heavy atom. The van der Waals surface area contributed by atoms with Gasteiger partial charge in [0, 0.05) is 13.5 Å². The van der Waals surface area contributed by atoms with Crippen molar-refractivity contribution in [2.24, 2.45) is 0 Å². The highest BCUT2D eigenvalue weighted by Gasteiger charge is 2.20. The van der Waals surface area contributed by atoms with E-state index in [0.717, 1.165) is 4.57 Å². The van der Waals surface area contributed by atoms with Crippen LogP contribution in [0.15, 0.2) is 17.4 Å². The predicted octanol–water partition coefficient (Wildman–Crippen LogP) is 0.675. The normalized spacial score (nSPS) is 10.8. The van der Waals surface area contributed by atoms with Crippen molar-refractivity contribution in [3.8, 4) is 0 Å². The Hall–Kier alpha value is -2.15. The molecule has 2 aromatic rings. The second-order valence-corrected chi connectivity index (χ2v) is 3.94. The number of imidazole rings is 1. The molecular formula is C10H10ClN5O2. The average molecular weight is 268 g/mol. The maximum Gasteiger partial charge on any atom is 0.337 e. The van der Waals surface area contributed by atoms with Crippen molar-refractivity contribution >= 4 is 34.6 Å². The van der Waals surface area contributed by atoms with Gasteiger partial charge in [-0.25, -0.2) is 9.36 Å². The highest BCUT2D eigenvalue weighted by atomic mass is 35.5. The monoisotopic (exact) mass is 267 g/mol. The Balaban J connectivity index is 3.02. The van der Waals surface area contributed by atoms with E-state index in [1.54, 1.807) is 0 Å². The van der Waals surface area contributed by atoms with Crippen LogP contribution in [0.25, 0.3) is 11.2 Å². The molecule has 0 saturated carbocycles. The summed E-state index contributed by atoms with van der Waals surface area (Å²) in [4.78, 5) is 31.3. The summed E-state index contributed by atoms with van der Waals surface area (Å²) in [7, 11) is 0. The number of anilines is 1. The van der Waals surface area contributed by atoms with E-state index in [4.69, 9.17) is 17.3 Å². The predicted molar refractivity (Wildman–Crippen MR) is 67.7 cm³/mol. The maximum atomic E-state index is 12.1. The largest absolute Gasteiger partial charge is 0.368 e. The zero-order valence-electron chi connectivity index (χ0n) is 9.55. The van der Waals surface area contributed by atoms with Gasteiger partial charge in [-0.1, -0.05) is 17.7 Å². The van der Waals surface area contributed by atoms with Crippen LogP contribution < -0.4 is 11.4 Å². The van der Waals surface area contributed by atoms with Gasteiger partial charge in [-0.05, 0) is 0 Å². The van der Waals surface area contributed by atoms with Gasteiger partial charge in [-0.2, -0.15) is 9.97 Å². The van der Waals surface area contributed by atoms with E-state index in [0.29, 0.717) is 0 Å². The molecule has 7 nitrogen and oxygen atoms in total. The molecule has 0 spiro atoms. The van der Waals surface area contributed by atoms with Crippen LogP contribution in [0.1, 0.15) is 11.7 Å². The minimum absolute atomic E-state index is 0.0346. The van der Waals surface area contributed by atoms with Crippen LogP contribution >= 0.6 is 11.6 Å². The highest BCUT2D eigenvalue weighted by Crippen LogP contribution is 2.20. The highest BCUT2D eigenvalue weighted by molar-refractivity contribution is 6.34. The lowest BCUT2D eigenvalue weighted by Gasteiger charge is -1.99. The molecule has 0 amide bonds. The first-order chi connectivity index (χ1) is 8.47. The number of aromatic nitrogens is 4. The molecule has 2 heterocycles. The summed E-state index contributed by atoms with van der Waals surface area (Å²) in [5, 5.41) is -0.0346. The topological polar surface area (TPSA) is 95.8 Å². The number of halogens is 1. The molecule has 2 rings (SSSR count). The molecule has 0 aromatic carbocycles. The zero-order chi connectivity index (χ0) is 13.4. The van der Waals surface area contributed by atoms with Crippen LogP contribution in [0.3, 0.4) is 0 Å². The third kappa shape index (κ3) is 1.68. The van der Waals surface area contributed by atoms with E-state index in [1.807, 2.05) is 0 Å². The van der Waals surface area contributed by atoms with E-state index >= 15 is 0 Å². The first-order valence-corrected chi connectivity index (χ1v) is 5.41. The van der Waals surface area contributed by atoms with Crippen LogP contribution in [-0.2, 0) is 6.54 Å². The lowest BCUT2D eigenvalue weighted by Crippen LogP contribution is -2.27. The summed E-state index contributed by atoms with van der Waals surface area (Å²) in [5.41, 5.74) is 5.31. The number of rotatable bonds is 2. The standard InChI is InChI=1S/C10H10ClN5O2/c1-3-4-15-8-6(7(11)13-9(12)14-8)16(5(2)17)10(15)18/h3H,1,4H2,2H3,(H2,12,13,14).